The third-order valence-corrected chi connectivity index (χ3v) is 6.83. The summed E-state index contributed by atoms with van der Waals surface area (Å²) in [5, 5.41) is 11.5. The van der Waals surface area contributed by atoms with E-state index in [1.54, 1.807) is 6.07 Å². The van der Waals surface area contributed by atoms with Crippen molar-refractivity contribution in [3.8, 4) is 5.88 Å². The van der Waals surface area contributed by atoms with Crippen molar-refractivity contribution in [2.45, 2.75) is 25.3 Å². The molecule has 8 heteroatoms. The molecule has 4 aromatic rings. The van der Waals surface area contributed by atoms with Gasteiger partial charge in [-0.15, -0.1) is 0 Å². The van der Waals surface area contributed by atoms with Gasteiger partial charge in [0.2, 0.25) is 0 Å². The first-order valence-corrected chi connectivity index (χ1v) is 13.2. The molecule has 0 atom stereocenters. The first-order chi connectivity index (χ1) is 17.1. The van der Waals surface area contributed by atoms with Crippen LogP contribution in [0, 0.1) is 5.92 Å². The normalized spacial score (nSPS) is 12.7. The molecule has 0 aliphatic heterocycles. The van der Waals surface area contributed by atoms with Crippen molar-refractivity contribution in [2.24, 2.45) is 10.9 Å². The second-order valence-electron chi connectivity index (χ2n) is 9.42. The molecule has 0 saturated carbocycles. The summed E-state index contributed by atoms with van der Waals surface area (Å²) in [7, 11) is 0.0735. The standard InChI is InChI=1S/C28H31N3O4S/c1-19(2)18-35-36(33,34)23-14-15-25-24(16-23)26(28(32)30-25)27(21-8-6-5-7-9-21)29-22-12-10-20(11-13-22)17-31(3)4/h5-16,19,30,32H,17-18H2,1-4H3. The topological polar surface area (TPSA) is 95.0 Å². The Hall–Kier alpha value is -3.46. The van der Waals surface area contributed by atoms with Gasteiger partial charge in [0.05, 0.1) is 28.5 Å². The number of benzene rings is 3. The van der Waals surface area contributed by atoms with Crippen LogP contribution in [0.3, 0.4) is 0 Å². The Kier molecular flexibility index (Phi) is 7.59. The summed E-state index contributed by atoms with van der Waals surface area (Å²) in [5.74, 6) is -0.0224. The number of nitrogens with zero attached hydrogens (tertiary/aromatic N) is 2. The third kappa shape index (κ3) is 5.84. The van der Waals surface area contributed by atoms with E-state index in [1.165, 1.54) is 12.1 Å². The molecule has 1 aromatic heterocycles. The Balaban J connectivity index is 1.85. The number of fused-ring (bicyclic) bond motifs is 1. The minimum atomic E-state index is -3.96. The van der Waals surface area contributed by atoms with Crippen LogP contribution in [0.25, 0.3) is 10.9 Å². The van der Waals surface area contributed by atoms with E-state index in [1.807, 2.05) is 82.5 Å². The van der Waals surface area contributed by atoms with Crippen LogP contribution in [0.15, 0.2) is 82.7 Å². The van der Waals surface area contributed by atoms with E-state index in [-0.39, 0.29) is 23.3 Å². The van der Waals surface area contributed by atoms with E-state index in [4.69, 9.17) is 9.18 Å². The number of H-pyrrole nitrogens is 1. The summed E-state index contributed by atoms with van der Waals surface area (Å²) < 4.78 is 30.8. The van der Waals surface area contributed by atoms with Crippen LogP contribution < -0.4 is 0 Å². The summed E-state index contributed by atoms with van der Waals surface area (Å²) in [6.45, 7) is 4.67. The SMILES string of the molecule is CC(C)COS(=O)(=O)c1ccc2[nH]c(O)c(C(=Nc3ccc(CN(C)C)cc3)c3ccccc3)c2c1. The van der Waals surface area contributed by atoms with Gasteiger partial charge >= 0.3 is 0 Å². The molecule has 7 nitrogen and oxygen atoms in total. The van der Waals surface area contributed by atoms with Crippen molar-refractivity contribution < 1.29 is 17.7 Å². The molecular formula is C28H31N3O4S. The summed E-state index contributed by atoms with van der Waals surface area (Å²) >= 11 is 0. The molecule has 3 aromatic carbocycles. The maximum Gasteiger partial charge on any atom is 0.297 e. The number of rotatable bonds is 9. The highest BCUT2D eigenvalue weighted by atomic mass is 32.2. The van der Waals surface area contributed by atoms with Crippen LogP contribution in [0.2, 0.25) is 0 Å². The molecule has 0 aliphatic rings. The van der Waals surface area contributed by atoms with E-state index in [0.29, 0.717) is 27.9 Å². The molecule has 0 bridgehead atoms. The fraction of sp³-hybridized carbons (Fsp3) is 0.250. The van der Waals surface area contributed by atoms with Crippen LogP contribution in [0.5, 0.6) is 5.88 Å². The zero-order chi connectivity index (χ0) is 25.9. The second kappa shape index (κ2) is 10.7. The van der Waals surface area contributed by atoms with Gasteiger partial charge in [0.15, 0.2) is 5.88 Å². The molecule has 0 radical (unpaired) electrons. The van der Waals surface area contributed by atoms with Gasteiger partial charge in [-0.25, -0.2) is 4.99 Å². The second-order valence-corrected chi connectivity index (χ2v) is 11.0. The van der Waals surface area contributed by atoms with Gasteiger partial charge in [0.1, 0.15) is 0 Å². The lowest BCUT2D eigenvalue weighted by molar-refractivity contribution is 0.275. The Bertz CT molecular complexity index is 1470. The molecular weight excluding hydrogens is 474 g/mol. The Morgan fingerprint density at radius 3 is 2.36 bits per heavy atom. The van der Waals surface area contributed by atoms with E-state index in [9.17, 15) is 13.5 Å². The number of nitrogens with one attached hydrogen (secondary N) is 1. The van der Waals surface area contributed by atoms with E-state index in [2.05, 4.69) is 9.88 Å². The molecule has 0 spiro atoms. The molecule has 0 amide bonds. The maximum absolute atomic E-state index is 12.8. The molecule has 0 fully saturated rings. The quantitative estimate of drug-likeness (QED) is 0.232. The molecule has 0 saturated heterocycles. The van der Waals surface area contributed by atoms with Gasteiger partial charge in [0, 0.05) is 23.0 Å². The molecule has 0 unspecified atom stereocenters. The maximum atomic E-state index is 12.8. The van der Waals surface area contributed by atoms with Crippen LogP contribution >= 0.6 is 0 Å². The zero-order valence-corrected chi connectivity index (χ0v) is 21.7. The number of aromatic amines is 1. The van der Waals surface area contributed by atoms with Crippen LogP contribution in [-0.4, -0.2) is 49.8 Å². The summed E-state index contributed by atoms with van der Waals surface area (Å²) in [4.78, 5) is 9.97. The van der Waals surface area contributed by atoms with Gasteiger partial charge in [-0.1, -0.05) is 56.3 Å². The van der Waals surface area contributed by atoms with E-state index < -0.39 is 10.1 Å². The minimum Gasteiger partial charge on any atom is -0.494 e. The van der Waals surface area contributed by atoms with E-state index >= 15 is 0 Å². The fourth-order valence-corrected chi connectivity index (χ4v) is 4.96. The lowest BCUT2D eigenvalue weighted by Gasteiger charge is -2.11. The Labute approximate surface area is 212 Å². The Morgan fingerprint density at radius 1 is 1.03 bits per heavy atom. The predicted molar refractivity (Wildman–Crippen MR) is 144 cm³/mol. The molecule has 1 heterocycles. The number of aliphatic imine (C=N–C) groups is 1. The highest BCUT2D eigenvalue weighted by Crippen LogP contribution is 2.33. The summed E-state index contributed by atoms with van der Waals surface area (Å²) in [6, 6.07) is 22.0. The first-order valence-electron chi connectivity index (χ1n) is 11.8. The molecule has 188 valence electrons. The average molecular weight is 506 g/mol. The molecule has 2 N–H and O–H groups in total. The number of aromatic nitrogens is 1. The molecule has 4 rings (SSSR count). The van der Waals surface area contributed by atoms with Gasteiger partial charge in [-0.05, 0) is 55.9 Å². The highest BCUT2D eigenvalue weighted by molar-refractivity contribution is 7.86. The minimum absolute atomic E-state index is 0.0244. The first kappa shape index (κ1) is 25.6. The monoisotopic (exact) mass is 505 g/mol. The van der Waals surface area contributed by atoms with Crippen molar-refractivity contribution >= 4 is 32.4 Å². The van der Waals surface area contributed by atoms with Crippen molar-refractivity contribution in [2.75, 3.05) is 20.7 Å². The zero-order valence-electron chi connectivity index (χ0n) is 20.9. The van der Waals surface area contributed by atoms with Crippen molar-refractivity contribution in [1.82, 2.24) is 9.88 Å². The smallest absolute Gasteiger partial charge is 0.297 e. The predicted octanol–water partition coefficient (Wildman–Crippen LogP) is 5.47. The largest absolute Gasteiger partial charge is 0.494 e. The van der Waals surface area contributed by atoms with Gasteiger partial charge in [0.25, 0.3) is 10.1 Å². The summed E-state index contributed by atoms with van der Waals surface area (Å²) in [5.41, 5.74) is 4.21. The Morgan fingerprint density at radius 2 is 1.72 bits per heavy atom. The summed E-state index contributed by atoms with van der Waals surface area (Å²) in [6.07, 6.45) is 0. The van der Waals surface area contributed by atoms with Crippen LogP contribution in [0.1, 0.15) is 30.5 Å². The lowest BCUT2D eigenvalue weighted by Crippen LogP contribution is -2.11. The highest BCUT2D eigenvalue weighted by Gasteiger charge is 2.22. The van der Waals surface area contributed by atoms with Crippen LogP contribution in [0.4, 0.5) is 5.69 Å². The van der Waals surface area contributed by atoms with E-state index in [0.717, 1.165) is 17.7 Å². The van der Waals surface area contributed by atoms with Crippen LogP contribution in [-0.2, 0) is 20.8 Å². The lowest BCUT2D eigenvalue weighted by atomic mass is 10.0. The number of aromatic hydroxyl groups is 1. The van der Waals surface area contributed by atoms with Gasteiger partial charge in [-0.2, -0.15) is 8.42 Å². The van der Waals surface area contributed by atoms with Gasteiger partial charge < -0.3 is 15.0 Å². The third-order valence-electron chi connectivity index (χ3n) is 5.56. The molecule has 36 heavy (non-hydrogen) atoms. The molecule has 0 aliphatic carbocycles. The van der Waals surface area contributed by atoms with Crippen molar-refractivity contribution in [3.63, 3.8) is 0 Å². The van der Waals surface area contributed by atoms with Gasteiger partial charge in [-0.3, -0.25) is 4.18 Å². The van der Waals surface area contributed by atoms with Crippen molar-refractivity contribution in [1.29, 1.82) is 0 Å². The average Bonchev–Trinajstić information content (AvgIpc) is 3.17. The number of hydrogen-bond donors (Lipinski definition) is 2. The fourth-order valence-electron chi connectivity index (χ4n) is 3.88. The number of hydrogen-bond acceptors (Lipinski definition) is 6. The van der Waals surface area contributed by atoms with Crippen molar-refractivity contribution in [3.05, 3.63) is 89.5 Å².